The molecular formula is C12H15FN2O3. The Morgan fingerprint density at radius 3 is 2.67 bits per heavy atom. The minimum absolute atomic E-state index is 0.0190. The molecule has 0 saturated carbocycles. The van der Waals surface area contributed by atoms with E-state index >= 15 is 0 Å². The SMILES string of the molecule is CCN(CC(C)C(=O)O)C(=O)c1cccc(F)n1. The first kappa shape index (κ1) is 14.1. The maximum absolute atomic E-state index is 12.9. The van der Waals surface area contributed by atoms with Crippen LogP contribution in [0.15, 0.2) is 18.2 Å². The van der Waals surface area contributed by atoms with Crippen molar-refractivity contribution in [3.05, 3.63) is 29.8 Å². The van der Waals surface area contributed by atoms with Crippen LogP contribution in [0, 0.1) is 11.9 Å². The molecule has 0 aliphatic carbocycles. The molecule has 0 aromatic carbocycles. The fraction of sp³-hybridized carbons (Fsp3) is 0.417. The van der Waals surface area contributed by atoms with E-state index in [2.05, 4.69) is 4.98 Å². The van der Waals surface area contributed by atoms with E-state index in [4.69, 9.17) is 5.11 Å². The first-order chi connectivity index (χ1) is 8.45. The lowest BCUT2D eigenvalue weighted by atomic mass is 10.1. The summed E-state index contributed by atoms with van der Waals surface area (Å²) in [5.41, 5.74) is -0.0190. The maximum Gasteiger partial charge on any atom is 0.308 e. The van der Waals surface area contributed by atoms with Crippen LogP contribution in [-0.4, -0.2) is 40.0 Å². The molecule has 1 amide bonds. The number of aliphatic carboxylic acids is 1. The minimum atomic E-state index is -0.978. The van der Waals surface area contributed by atoms with Crippen molar-refractivity contribution in [2.24, 2.45) is 5.92 Å². The van der Waals surface area contributed by atoms with E-state index in [0.29, 0.717) is 6.54 Å². The van der Waals surface area contributed by atoms with Crippen molar-refractivity contribution in [3.63, 3.8) is 0 Å². The number of hydrogen-bond donors (Lipinski definition) is 1. The third-order valence-corrected chi connectivity index (χ3v) is 2.52. The zero-order valence-electron chi connectivity index (χ0n) is 10.3. The van der Waals surface area contributed by atoms with Crippen LogP contribution in [0.5, 0.6) is 0 Å². The van der Waals surface area contributed by atoms with Gasteiger partial charge in [-0.05, 0) is 19.1 Å². The van der Waals surface area contributed by atoms with Gasteiger partial charge in [-0.3, -0.25) is 9.59 Å². The van der Waals surface area contributed by atoms with Crippen LogP contribution in [0.1, 0.15) is 24.3 Å². The number of aromatic nitrogens is 1. The Kier molecular flexibility index (Phi) is 4.76. The van der Waals surface area contributed by atoms with Gasteiger partial charge in [0.25, 0.3) is 5.91 Å². The van der Waals surface area contributed by atoms with Gasteiger partial charge in [-0.1, -0.05) is 13.0 Å². The number of carboxylic acid groups (broad SMARTS) is 1. The second-order valence-electron chi connectivity index (χ2n) is 3.93. The summed E-state index contributed by atoms with van der Waals surface area (Å²) in [6.07, 6.45) is 0. The number of carbonyl (C=O) groups is 2. The molecule has 0 aliphatic rings. The van der Waals surface area contributed by atoms with Crippen molar-refractivity contribution in [2.75, 3.05) is 13.1 Å². The van der Waals surface area contributed by atoms with E-state index < -0.39 is 23.7 Å². The van der Waals surface area contributed by atoms with Crippen LogP contribution in [0.3, 0.4) is 0 Å². The molecule has 6 heteroatoms. The molecule has 18 heavy (non-hydrogen) atoms. The summed E-state index contributed by atoms with van der Waals surface area (Å²) in [5, 5.41) is 8.81. The third kappa shape index (κ3) is 3.51. The van der Waals surface area contributed by atoms with Gasteiger partial charge in [0.1, 0.15) is 5.69 Å². The standard InChI is InChI=1S/C12H15FN2O3/c1-3-15(7-8(2)12(17)18)11(16)9-5-4-6-10(13)14-9/h4-6,8H,3,7H2,1-2H3,(H,17,18). The highest BCUT2D eigenvalue weighted by Crippen LogP contribution is 2.07. The molecule has 98 valence electrons. The topological polar surface area (TPSA) is 70.5 Å². The Morgan fingerprint density at radius 2 is 2.17 bits per heavy atom. The molecule has 5 nitrogen and oxygen atoms in total. The Balaban J connectivity index is 2.82. The summed E-state index contributed by atoms with van der Waals surface area (Å²) in [6, 6.07) is 3.94. The summed E-state index contributed by atoms with van der Waals surface area (Å²) in [4.78, 5) is 27.6. The van der Waals surface area contributed by atoms with Crippen LogP contribution in [0.25, 0.3) is 0 Å². The molecule has 1 rings (SSSR count). The van der Waals surface area contributed by atoms with Crippen LogP contribution < -0.4 is 0 Å². The summed E-state index contributed by atoms with van der Waals surface area (Å²) >= 11 is 0. The molecule has 1 heterocycles. The van der Waals surface area contributed by atoms with E-state index in [9.17, 15) is 14.0 Å². The molecule has 1 N–H and O–H groups in total. The predicted octanol–water partition coefficient (Wildman–Crippen LogP) is 1.40. The van der Waals surface area contributed by atoms with E-state index in [1.807, 2.05) is 0 Å². The van der Waals surface area contributed by atoms with Gasteiger partial charge in [-0.15, -0.1) is 0 Å². The first-order valence-corrected chi connectivity index (χ1v) is 5.60. The van der Waals surface area contributed by atoms with Gasteiger partial charge in [-0.25, -0.2) is 4.98 Å². The average molecular weight is 254 g/mol. The second kappa shape index (κ2) is 6.09. The van der Waals surface area contributed by atoms with E-state index in [1.54, 1.807) is 6.92 Å². The number of carboxylic acids is 1. The molecule has 1 aromatic rings. The van der Waals surface area contributed by atoms with Gasteiger partial charge in [-0.2, -0.15) is 4.39 Å². The van der Waals surface area contributed by atoms with Gasteiger partial charge in [0.15, 0.2) is 0 Å². The zero-order valence-corrected chi connectivity index (χ0v) is 10.3. The lowest BCUT2D eigenvalue weighted by molar-refractivity contribution is -0.141. The fourth-order valence-corrected chi connectivity index (χ4v) is 1.45. The van der Waals surface area contributed by atoms with Crippen LogP contribution in [0.4, 0.5) is 4.39 Å². The normalized spacial score (nSPS) is 11.9. The van der Waals surface area contributed by atoms with Gasteiger partial charge >= 0.3 is 5.97 Å². The second-order valence-corrected chi connectivity index (χ2v) is 3.93. The third-order valence-electron chi connectivity index (χ3n) is 2.52. The number of rotatable bonds is 5. The number of hydrogen-bond acceptors (Lipinski definition) is 3. The molecule has 0 saturated heterocycles. The quantitative estimate of drug-likeness (QED) is 0.806. The summed E-state index contributed by atoms with van der Waals surface area (Å²) in [6.45, 7) is 3.65. The summed E-state index contributed by atoms with van der Waals surface area (Å²) < 4.78 is 12.9. The summed E-state index contributed by atoms with van der Waals surface area (Å²) in [7, 11) is 0. The molecular weight excluding hydrogens is 239 g/mol. The van der Waals surface area contributed by atoms with Crippen molar-refractivity contribution >= 4 is 11.9 Å². The maximum atomic E-state index is 12.9. The zero-order chi connectivity index (χ0) is 13.7. The highest BCUT2D eigenvalue weighted by molar-refractivity contribution is 5.92. The lowest BCUT2D eigenvalue weighted by Gasteiger charge is -2.22. The van der Waals surface area contributed by atoms with Crippen LogP contribution in [0.2, 0.25) is 0 Å². The molecule has 1 aromatic heterocycles. The molecule has 0 bridgehead atoms. The molecule has 1 unspecified atom stereocenters. The van der Waals surface area contributed by atoms with E-state index in [0.717, 1.165) is 6.07 Å². The van der Waals surface area contributed by atoms with E-state index in [1.165, 1.54) is 24.0 Å². The smallest absolute Gasteiger partial charge is 0.308 e. The number of halogens is 1. The lowest BCUT2D eigenvalue weighted by Crippen LogP contribution is -2.37. The average Bonchev–Trinajstić information content (AvgIpc) is 2.34. The Bertz CT molecular complexity index is 451. The van der Waals surface area contributed by atoms with Crippen molar-refractivity contribution < 1.29 is 19.1 Å². The molecule has 0 fully saturated rings. The fourth-order valence-electron chi connectivity index (χ4n) is 1.45. The van der Waals surface area contributed by atoms with Gasteiger partial charge in [0, 0.05) is 13.1 Å². The number of carbonyl (C=O) groups excluding carboxylic acids is 1. The van der Waals surface area contributed by atoms with Crippen molar-refractivity contribution in [3.8, 4) is 0 Å². The summed E-state index contributed by atoms with van der Waals surface area (Å²) in [5.74, 6) is -2.86. The van der Waals surface area contributed by atoms with Crippen molar-refractivity contribution in [1.29, 1.82) is 0 Å². The van der Waals surface area contributed by atoms with Crippen molar-refractivity contribution in [1.82, 2.24) is 9.88 Å². The highest BCUT2D eigenvalue weighted by atomic mass is 19.1. The Hall–Kier alpha value is -1.98. The van der Waals surface area contributed by atoms with Crippen LogP contribution in [-0.2, 0) is 4.79 Å². The first-order valence-electron chi connectivity index (χ1n) is 5.60. The Morgan fingerprint density at radius 1 is 1.50 bits per heavy atom. The number of nitrogens with zero attached hydrogens (tertiary/aromatic N) is 2. The molecule has 0 spiro atoms. The van der Waals surface area contributed by atoms with Crippen molar-refractivity contribution in [2.45, 2.75) is 13.8 Å². The molecule has 0 radical (unpaired) electrons. The Labute approximate surface area is 104 Å². The predicted molar refractivity (Wildman–Crippen MR) is 62.6 cm³/mol. The van der Waals surface area contributed by atoms with Crippen LogP contribution >= 0.6 is 0 Å². The number of pyridine rings is 1. The monoisotopic (exact) mass is 254 g/mol. The molecule has 0 aliphatic heterocycles. The van der Waals surface area contributed by atoms with E-state index in [-0.39, 0.29) is 12.2 Å². The van der Waals surface area contributed by atoms with Gasteiger partial charge < -0.3 is 10.0 Å². The number of amides is 1. The molecule has 1 atom stereocenters. The van der Waals surface area contributed by atoms with Gasteiger partial charge in [0.05, 0.1) is 5.92 Å². The van der Waals surface area contributed by atoms with Gasteiger partial charge in [0.2, 0.25) is 5.95 Å². The largest absolute Gasteiger partial charge is 0.481 e. The minimum Gasteiger partial charge on any atom is -0.481 e. The highest BCUT2D eigenvalue weighted by Gasteiger charge is 2.21.